The van der Waals surface area contributed by atoms with Gasteiger partial charge in [0.15, 0.2) is 0 Å². The van der Waals surface area contributed by atoms with E-state index in [1.165, 1.54) is 32.1 Å². The van der Waals surface area contributed by atoms with Gasteiger partial charge in [0.25, 0.3) is 0 Å². The van der Waals surface area contributed by atoms with Gasteiger partial charge in [-0.3, -0.25) is 0 Å². The van der Waals surface area contributed by atoms with Crippen molar-refractivity contribution >= 4 is 0 Å². The molecule has 1 aliphatic heterocycles. The highest BCUT2D eigenvalue weighted by atomic mass is 16.5. The van der Waals surface area contributed by atoms with E-state index in [0.29, 0.717) is 12.1 Å². The van der Waals surface area contributed by atoms with Crippen molar-refractivity contribution in [3.05, 3.63) is 0 Å². The molecular formula is C16H32N2O. The van der Waals surface area contributed by atoms with Crippen LogP contribution in [-0.4, -0.2) is 37.9 Å². The molecule has 0 spiro atoms. The van der Waals surface area contributed by atoms with Crippen molar-refractivity contribution in [2.75, 3.05) is 19.8 Å². The lowest BCUT2D eigenvalue weighted by atomic mass is 9.77. The van der Waals surface area contributed by atoms with Crippen LogP contribution in [0, 0.1) is 11.8 Å². The van der Waals surface area contributed by atoms with Crippen LogP contribution >= 0.6 is 0 Å². The molecule has 3 heteroatoms. The third-order valence-electron chi connectivity index (χ3n) is 4.81. The highest BCUT2D eigenvalue weighted by molar-refractivity contribution is 4.86. The number of hydrogen-bond acceptors (Lipinski definition) is 3. The van der Waals surface area contributed by atoms with E-state index in [-0.39, 0.29) is 0 Å². The molecule has 2 aliphatic rings. The summed E-state index contributed by atoms with van der Waals surface area (Å²) in [4.78, 5) is 0. The van der Waals surface area contributed by atoms with Gasteiger partial charge in [0.2, 0.25) is 0 Å². The first-order valence-corrected chi connectivity index (χ1v) is 8.24. The lowest BCUT2D eigenvalue weighted by Crippen LogP contribution is -2.49. The Kier molecular flexibility index (Phi) is 6.11. The molecule has 0 amide bonds. The molecule has 19 heavy (non-hydrogen) atoms. The molecule has 2 rings (SSSR count). The quantitative estimate of drug-likeness (QED) is 0.804. The van der Waals surface area contributed by atoms with Crippen LogP contribution in [0.4, 0.5) is 0 Å². The molecule has 2 N–H and O–H groups in total. The number of morpholine rings is 1. The van der Waals surface area contributed by atoms with E-state index in [0.717, 1.165) is 37.6 Å². The summed E-state index contributed by atoms with van der Waals surface area (Å²) in [5.74, 6) is 1.67. The first-order valence-electron chi connectivity index (χ1n) is 8.24. The maximum Gasteiger partial charge on any atom is 0.0620 e. The van der Waals surface area contributed by atoms with Crippen molar-refractivity contribution in [1.29, 1.82) is 0 Å². The van der Waals surface area contributed by atoms with Gasteiger partial charge >= 0.3 is 0 Å². The molecule has 3 nitrogen and oxygen atoms in total. The third kappa shape index (κ3) is 4.73. The summed E-state index contributed by atoms with van der Waals surface area (Å²) in [5, 5.41) is 7.46. The highest BCUT2D eigenvalue weighted by Gasteiger charge is 2.28. The van der Waals surface area contributed by atoms with Crippen LogP contribution < -0.4 is 10.6 Å². The fourth-order valence-electron chi connectivity index (χ4n) is 3.80. The maximum atomic E-state index is 5.54. The van der Waals surface area contributed by atoms with E-state index in [2.05, 4.69) is 31.4 Å². The van der Waals surface area contributed by atoms with E-state index in [4.69, 9.17) is 4.74 Å². The summed E-state index contributed by atoms with van der Waals surface area (Å²) in [6.07, 6.45) is 6.78. The molecule has 0 aromatic carbocycles. The Labute approximate surface area is 118 Å². The van der Waals surface area contributed by atoms with Crippen LogP contribution in [0.3, 0.4) is 0 Å². The van der Waals surface area contributed by atoms with Crippen LogP contribution in [-0.2, 0) is 4.74 Å². The highest BCUT2D eigenvalue weighted by Crippen LogP contribution is 2.30. The topological polar surface area (TPSA) is 33.3 Å². The minimum Gasteiger partial charge on any atom is -0.379 e. The van der Waals surface area contributed by atoms with Crippen LogP contribution in [0.1, 0.15) is 52.9 Å². The van der Waals surface area contributed by atoms with Crippen molar-refractivity contribution in [3.63, 3.8) is 0 Å². The van der Waals surface area contributed by atoms with Gasteiger partial charge in [0.05, 0.1) is 13.2 Å². The second kappa shape index (κ2) is 7.61. The molecule has 0 aromatic heterocycles. The maximum absolute atomic E-state index is 5.54. The lowest BCUT2D eigenvalue weighted by molar-refractivity contribution is 0.0693. The van der Waals surface area contributed by atoms with Crippen LogP contribution in [0.5, 0.6) is 0 Å². The largest absolute Gasteiger partial charge is 0.379 e. The summed E-state index contributed by atoms with van der Waals surface area (Å²) < 4.78 is 5.54. The SMILES string of the molecule is CC(CC1COCCN1)NC1CCCCC1C(C)C. The molecule has 0 bridgehead atoms. The van der Waals surface area contributed by atoms with Crippen LogP contribution in [0.15, 0.2) is 0 Å². The average molecular weight is 268 g/mol. The van der Waals surface area contributed by atoms with Gasteiger partial charge in [-0.1, -0.05) is 26.7 Å². The van der Waals surface area contributed by atoms with Crippen molar-refractivity contribution in [2.45, 2.75) is 71.0 Å². The van der Waals surface area contributed by atoms with Gasteiger partial charge in [0, 0.05) is 24.7 Å². The van der Waals surface area contributed by atoms with E-state index < -0.39 is 0 Å². The van der Waals surface area contributed by atoms with Crippen molar-refractivity contribution < 1.29 is 4.74 Å². The predicted molar refractivity (Wildman–Crippen MR) is 80.4 cm³/mol. The Bertz CT molecular complexity index is 251. The summed E-state index contributed by atoms with van der Waals surface area (Å²) >= 11 is 0. The van der Waals surface area contributed by atoms with Crippen molar-refractivity contribution in [1.82, 2.24) is 10.6 Å². The zero-order valence-corrected chi connectivity index (χ0v) is 13.0. The first-order chi connectivity index (χ1) is 9.16. The molecule has 2 fully saturated rings. The van der Waals surface area contributed by atoms with Crippen molar-refractivity contribution in [2.24, 2.45) is 11.8 Å². The Balaban J connectivity index is 1.77. The van der Waals surface area contributed by atoms with Gasteiger partial charge in [0.1, 0.15) is 0 Å². The molecule has 0 radical (unpaired) electrons. The van der Waals surface area contributed by atoms with E-state index in [9.17, 15) is 0 Å². The van der Waals surface area contributed by atoms with E-state index in [1.807, 2.05) is 0 Å². The lowest BCUT2D eigenvalue weighted by Gasteiger charge is -2.37. The minimum absolute atomic E-state index is 0.539. The summed E-state index contributed by atoms with van der Waals surface area (Å²) in [6, 6.07) is 1.86. The predicted octanol–water partition coefficient (Wildman–Crippen LogP) is 2.56. The Morgan fingerprint density at radius 1 is 1.21 bits per heavy atom. The van der Waals surface area contributed by atoms with Gasteiger partial charge in [-0.05, 0) is 38.0 Å². The Morgan fingerprint density at radius 2 is 2.00 bits per heavy atom. The molecule has 4 unspecified atom stereocenters. The smallest absolute Gasteiger partial charge is 0.0620 e. The monoisotopic (exact) mass is 268 g/mol. The van der Waals surface area contributed by atoms with E-state index in [1.54, 1.807) is 0 Å². The summed E-state index contributed by atoms with van der Waals surface area (Å²) in [5.41, 5.74) is 0. The second-order valence-corrected chi connectivity index (χ2v) is 6.83. The Hall–Kier alpha value is -0.120. The molecular weight excluding hydrogens is 236 g/mol. The van der Waals surface area contributed by atoms with Crippen LogP contribution in [0.25, 0.3) is 0 Å². The molecule has 4 atom stereocenters. The number of nitrogens with one attached hydrogen (secondary N) is 2. The minimum atomic E-state index is 0.539. The molecule has 1 saturated carbocycles. The normalized spacial score (nSPS) is 34.4. The van der Waals surface area contributed by atoms with Gasteiger partial charge in [-0.15, -0.1) is 0 Å². The van der Waals surface area contributed by atoms with Crippen LogP contribution in [0.2, 0.25) is 0 Å². The fraction of sp³-hybridized carbons (Fsp3) is 1.00. The summed E-state index contributed by atoms with van der Waals surface area (Å²) in [7, 11) is 0. The second-order valence-electron chi connectivity index (χ2n) is 6.83. The fourth-order valence-corrected chi connectivity index (χ4v) is 3.80. The van der Waals surface area contributed by atoms with Gasteiger partial charge in [-0.2, -0.15) is 0 Å². The number of ether oxygens (including phenoxy) is 1. The van der Waals surface area contributed by atoms with Gasteiger partial charge in [-0.25, -0.2) is 0 Å². The Morgan fingerprint density at radius 3 is 2.68 bits per heavy atom. The standard InChI is InChI=1S/C16H32N2O/c1-12(2)15-6-4-5-7-16(15)18-13(3)10-14-11-19-9-8-17-14/h12-18H,4-11H2,1-3H3. The first kappa shape index (κ1) is 15.3. The third-order valence-corrected chi connectivity index (χ3v) is 4.81. The van der Waals surface area contributed by atoms with Crippen molar-refractivity contribution in [3.8, 4) is 0 Å². The molecule has 1 heterocycles. The van der Waals surface area contributed by atoms with Gasteiger partial charge < -0.3 is 15.4 Å². The zero-order valence-electron chi connectivity index (χ0n) is 13.0. The average Bonchev–Trinajstić information content (AvgIpc) is 2.40. The van der Waals surface area contributed by atoms with E-state index >= 15 is 0 Å². The zero-order chi connectivity index (χ0) is 13.7. The number of rotatable bonds is 5. The number of hydrogen-bond donors (Lipinski definition) is 2. The molecule has 0 aromatic rings. The summed E-state index contributed by atoms with van der Waals surface area (Å²) in [6.45, 7) is 9.86. The molecule has 1 aliphatic carbocycles. The molecule has 1 saturated heterocycles. The molecule has 112 valence electrons.